The van der Waals surface area contributed by atoms with Gasteiger partial charge in [-0.25, -0.2) is 13.1 Å². The molecule has 0 unspecified atom stereocenters. The van der Waals surface area contributed by atoms with Crippen LogP contribution in [0.5, 0.6) is 0 Å². The van der Waals surface area contributed by atoms with E-state index in [2.05, 4.69) is 27.2 Å². The Hall–Kier alpha value is -2.71. The largest absolute Gasteiger partial charge is 0.381 e. The van der Waals surface area contributed by atoms with Gasteiger partial charge < -0.3 is 5.32 Å². The lowest BCUT2D eigenvalue weighted by Crippen LogP contribution is -2.26. The SMILES string of the molecule is O=S(=O)(N[C@H]1C[C@@H]1c1cccc(NCc2cccnc2)c1)c1ccc(-c2ccc(Cl)cc2)s1. The van der Waals surface area contributed by atoms with Gasteiger partial charge in [0, 0.05) is 46.5 Å². The number of hydrogen-bond donors (Lipinski definition) is 2. The molecule has 2 aromatic carbocycles. The molecule has 0 spiro atoms. The minimum absolute atomic E-state index is 0.0929. The van der Waals surface area contributed by atoms with Gasteiger partial charge in [-0.3, -0.25) is 4.98 Å². The minimum atomic E-state index is -3.57. The van der Waals surface area contributed by atoms with E-state index in [9.17, 15) is 8.42 Å². The third kappa shape index (κ3) is 5.28. The molecule has 168 valence electrons. The summed E-state index contributed by atoms with van der Waals surface area (Å²) in [5, 5.41) is 4.06. The number of benzene rings is 2. The Morgan fingerprint density at radius 3 is 2.67 bits per heavy atom. The number of anilines is 1. The van der Waals surface area contributed by atoms with Crippen LogP contribution in [-0.2, 0) is 16.6 Å². The van der Waals surface area contributed by atoms with Crippen molar-refractivity contribution in [3.8, 4) is 10.4 Å². The van der Waals surface area contributed by atoms with Crippen LogP contribution in [0.25, 0.3) is 10.4 Å². The maximum atomic E-state index is 12.9. The summed E-state index contributed by atoms with van der Waals surface area (Å²) in [5.74, 6) is 0.176. The van der Waals surface area contributed by atoms with Crippen molar-refractivity contribution in [2.24, 2.45) is 0 Å². The Labute approximate surface area is 202 Å². The van der Waals surface area contributed by atoms with Crippen molar-refractivity contribution >= 4 is 38.6 Å². The van der Waals surface area contributed by atoms with E-state index in [4.69, 9.17) is 11.6 Å². The average molecular weight is 496 g/mol. The first-order chi connectivity index (χ1) is 16.0. The second-order valence-electron chi connectivity index (χ2n) is 8.04. The minimum Gasteiger partial charge on any atom is -0.381 e. The third-order valence-electron chi connectivity index (χ3n) is 5.61. The molecular weight excluding hydrogens is 474 g/mol. The molecule has 1 aliphatic rings. The summed E-state index contributed by atoms with van der Waals surface area (Å²) >= 11 is 7.22. The van der Waals surface area contributed by atoms with Crippen molar-refractivity contribution < 1.29 is 8.42 Å². The smallest absolute Gasteiger partial charge is 0.250 e. The molecule has 2 aromatic heterocycles. The van der Waals surface area contributed by atoms with Crippen molar-refractivity contribution in [3.63, 3.8) is 0 Å². The molecule has 5 nitrogen and oxygen atoms in total. The molecule has 2 atom stereocenters. The fourth-order valence-electron chi connectivity index (χ4n) is 3.77. The van der Waals surface area contributed by atoms with Gasteiger partial charge in [-0.1, -0.05) is 41.9 Å². The summed E-state index contributed by atoms with van der Waals surface area (Å²) in [6.45, 7) is 0.687. The molecule has 8 heteroatoms. The van der Waals surface area contributed by atoms with Crippen LogP contribution in [0.1, 0.15) is 23.5 Å². The van der Waals surface area contributed by atoms with Crippen LogP contribution in [0.15, 0.2) is 89.4 Å². The zero-order chi connectivity index (χ0) is 22.8. The molecular formula is C25H22ClN3O2S2. The normalized spacial score (nSPS) is 17.6. The lowest BCUT2D eigenvalue weighted by molar-refractivity contribution is 0.582. The first kappa shape index (κ1) is 22.1. The summed E-state index contributed by atoms with van der Waals surface area (Å²) < 4.78 is 29.1. The van der Waals surface area contributed by atoms with Crippen molar-refractivity contribution in [1.29, 1.82) is 0 Å². The van der Waals surface area contributed by atoms with Gasteiger partial charge in [-0.2, -0.15) is 0 Å². The van der Waals surface area contributed by atoms with Gasteiger partial charge in [-0.05, 0) is 65.6 Å². The lowest BCUT2D eigenvalue weighted by Gasteiger charge is -2.09. The number of aromatic nitrogens is 1. The van der Waals surface area contributed by atoms with Crippen molar-refractivity contribution in [2.75, 3.05) is 5.32 Å². The maximum absolute atomic E-state index is 12.9. The van der Waals surface area contributed by atoms with Crippen molar-refractivity contribution in [2.45, 2.75) is 29.1 Å². The number of sulfonamides is 1. The Kier molecular flexibility index (Phi) is 6.21. The molecule has 5 rings (SSSR count). The average Bonchev–Trinajstić information content (AvgIpc) is 3.38. The van der Waals surface area contributed by atoms with E-state index in [1.54, 1.807) is 24.4 Å². The predicted molar refractivity (Wildman–Crippen MR) is 134 cm³/mol. The highest BCUT2D eigenvalue weighted by atomic mass is 35.5. The zero-order valence-corrected chi connectivity index (χ0v) is 20.0. The molecule has 1 fully saturated rings. The van der Waals surface area contributed by atoms with Gasteiger partial charge >= 0.3 is 0 Å². The van der Waals surface area contributed by atoms with E-state index in [1.807, 2.05) is 48.7 Å². The lowest BCUT2D eigenvalue weighted by atomic mass is 10.1. The summed E-state index contributed by atoms with van der Waals surface area (Å²) in [6, 6.07) is 22.9. The molecule has 1 aliphatic carbocycles. The van der Waals surface area contributed by atoms with Crippen LogP contribution in [0.3, 0.4) is 0 Å². The third-order valence-corrected chi connectivity index (χ3v) is 8.97. The van der Waals surface area contributed by atoms with Crippen LogP contribution in [-0.4, -0.2) is 19.4 Å². The Morgan fingerprint density at radius 2 is 1.88 bits per heavy atom. The number of nitrogens with zero attached hydrogens (tertiary/aromatic N) is 1. The number of rotatable bonds is 8. The van der Waals surface area contributed by atoms with E-state index in [-0.39, 0.29) is 12.0 Å². The molecule has 0 amide bonds. The maximum Gasteiger partial charge on any atom is 0.250 e. The quantitative estimate of drug-likeness (QED) is 0.319. The molecule has 0 bridgehead atoms. The van der Waals surface area contributed by atoms with Gasteiger partial charge in [0.05, 0.1) is 0 Å². The highest BCUT2D eigenvalue weighted by Gasteiger charge is 2.41. The van der Waals surface area contributed by atoms with Gasteiger partial charge in [0.1, 0.15) is 4.21 Å². The van der Waals surface area contributed by atoms with Crippen molar-refractivity contribution in [1.82, 2.24) is 9.71 Å². The fourth-order valence-corrected chi connectivity index (χ4v) is 6.51. The van der Waals surface area contributed by atoms with Gasteiger partial charge in [0.25, 0.3) is 0 Å². The van der Waals surface area contributed by atoms with E-state index >= 15 is 0 Å². The van der Waals surface area contributed by atoms with Gasteiger partial charge in [0.15, 0.2) is 0 Å². The van der Waals surface area contributed by atoms with Crippen molar-refractivity contribution in [3.05, 3.63) is 101 Å². The molecule has 33 heavy (non-hydrogen) atoms. The van der Waals surface area contributed by atoms with Gasteiger partial charge in [0.2, 0.25) is 10.0 Å². The van der Waals surface area contributed by atoms with E-state index in [1.165, 1.54) is 11.3 Å². The molecule has 2 N–H and O–H groups in total. The standard InChI is InChI=1S/C25H22ClN3O2S2/c26-20-8-6-18(7-9-20)24-10-11-25(32-24)33(30,31)29-23-14-22(23)19-4-1-5-21(13-19)28-16-17-3-2-12-27-15-17/h1-13,15,22-23,28-29H,14,16H2/t22-,23+/m1/s1. The number of nitrogens with one attached hydrogen (secondary N) is 2. The Bertz CT molecular complexity index is 1360. The first-order valence-electron chi connectivity index (χ1n) is 10.6. The van der Waals surface area contributed by atoms with E-state index in [0.717, 1.165) is 33.7 Å². The molecule has 1 saturated carbocycles. The van der Waals surface area contributed by atoms with Crippen LogP contribution >= 0.6 is 22.9 Å². The monoisotopic (exact) mass is 495 g/mol. The highest BCUT2D eigenvalue weighted by molar-refractivity contribution is 7.91. The van der Waals surface area contributed by atoms with Crippen LogP contribution in [0.4, 0.5) is 5.69 Å². The number of halogens is 1. The highest BCUT2D eigenvalue weighted by Crippen LogP contribution is 2.43. The molecule has 0 aliphatic heterocycles. The Morgan fingerprint density at radius 1 is 1.03 bits per heavy atom. The van der Waals surface area contributed by atoms with E-state index in [0.29, 0.717) is 15.8 Å². The second kappa shape index (κ2) is 9.27. The number of hydrogen-bond acceptors (Lipinski definition) is 5. The molecule has 0 radical (unpaired) electrons. The predicted octanol–water partition coefficient (Wildman–Crippen LogP) is 5.91. The molecule has 4 aromatic rings. The molecule has 2 heterocycles. The Balaban J connectivity index is 1.22. The van der Waals surface area contributed by atoms with Crippen LogP contribution < -0.4 is 10.0 Å². The summed E-state index contributed by atoms with van der Waals surface area (Å²) in [4.78, 5) is 5.03. The van der Waals surface area contributed by atoms with Crippen LogP contribution in [0.2, 0.25) is 5.02 Å². The van der Waals surface area contributed by atoms with Gasteiger partial charge in [-0.15, -0.1) is 11.3 Å². The summed E-state index contributed by atoms with van der Waals surface area (Å²) in [5.41, 5.74) is 4.20. The fraction of sp³-hybridized carbons (Fsp3) is 0.160. The summed E-state index contributed by atoms with van der Waals surface area (Å²) in [7, 11) is -3.57. The topological polar surface area (TPSA) is 71.1 Å². The van der Waals surface area contributed by atoms with E-state index < -0.39 is 10.0 Å². The summed E-state index contributed by atoms with van der Waals surface area (Å²) in [6.07, 6.45) is 4.39. The number of pyridine rings is 1. The first-order valence-corrected chi connectivity index (χ1v) is 13.3. The zero-order valence-electron chi connectivity index (χ0n) is 17.6. The molecule has 0 saturated heterocycles. The number of thiophene rings is 1. The second-order valence-corrected chi connectivity index (χ2v) is 11.5. The van der Waals surface area contributed by atoms with Crippen LogP contribution in [0, 0.1) is 0 Å².